The van der Waals surface area contributed by atoms with Gasteiger partial charge in [0.2, 0.25) is 11.8 Å². The zero-order valence-electron chi connectivity index (χ0n) is 15.1. The van der Waals surface area contributed by atoms with Gasteiger partial charge in [0, 0.05) is 37.5 Å². The van der Waals surface area contributed by atoms with E-state index in [4.69, 9.17) is 4.42 Å². The Balaban J connectivity index is 1.65. The molecule has 0 unspecified atom stereocenters. The van der Waals surface area contributed by atoms with E-state index in [1.54, 1.807) is 12.1 Å². The molecule has 0 bridgehead atoms. The van der Waals surface area contributed by atoms with Crippen molar-refractivity contribution in [3.05, 3.63) is 24.2 Å². The van der Waals surface area contributed by atoms with Crippen LogP contribution >= 0.6 is 0 Å². The summed E-state index contributed by atoms with van der Waals surface area (Å²) in [4.78, 5) is 38.0. The van der Waals surface area contributed by atoms with Crippen LogP contribution in [0.5, 0.6) is 0 Å². The smallest absolute Gasteiger partial charge is 0.287 e. The molecule has 0 spiro atoms. The topological polar surface area (TPSA) is 91.7 Å². The Morgan fingerprint density at radius 3 is 2.36 bits per heavy atom. The van der Waals surface area contributed by atoms with Crippen molar-refractivity contribution in [2.45, 2.75) is 33.6 Å². The van der Waals surface area contributed by atoms with Crippen LogP contribution < -0.4 is 10.6 Å². The molecular formula is C18H27N3O4. The van der Waals surface area contributed by atoms with E-state index in [-0.39, 0.29) is 34.8 Å². The number of hydrogen-bond donors (Lipinski definition) is 2. The molecule has 2 heterocycles. The van der Waals surface area contributed by atoms with Crippen molar-refractivity contribution in [2.75, 3.05) is 26.2 Å². The van der Waals surface area contributed by atoms with Gasteiger partial charge in [0.15, 0.2) is 5.76 Å². The zero-order valence-corrected chi connectivity index (χ0v) is 15.1. The molecule has 1 aromatic rings. The van der Waals surface area contributed by atoms with Crippen LogP contribution in [-0.4, -0.2) is 48.8 Å². The third-order valence-electron chi connectivity index (χ3n) is 4.25. The van der Waals surface area contributed by atoms with Crippen LogP contribution in [0.4, 0.5) is 0 Å². The molecule has 0 aliphatic carbocycles. The summed E-state index contributed by atoms with van der Waals surface area (Å²) in [6.07, 6.45) is 2.78. The number of carbonyl (C=O) groups is 3. The van der Waals surface area contributed by atoms with Crippen LogP contribution in [-0.2, 0) is 9.59 Å². The minimum atomic E-state index is -0.388. The van der Waals surface area contributed by atoms with Crippen LogP contribution in [0.25, 0.3) is 0 Å². The van der Waals surface area contributed by atoms with Gasteiger partial charge in [-0.1, -0.05) is 20.8 Å². The molecule has 1 saturated heterocycles. The Bertz CT molecular complexity index is 596. The van der Waals surface area contributed by atoms with Gasteiger partial charge in [0.25, 0.3) is 5.91 Å². The van der Waals surface area contributed by atoms with Crippen molar-refractivity contribution < 1.29 is 18.8 Å². The maximum absolute atomic E-state index is 12.2. The highest BCUT2D eigenvalue weighted by molar-refractivity contribution is 5.91. The summed E-state index contributed by atoms with van der Waals surface area (Å²) in [5, 5.41) is 5.52. The van der Waals surface area contributed by atoms with Gasteiger partial charge in [-0.2, -0.15) is 0 Å². The van der Waals surface area contributed by atoms with Crippen molar-refractivity contribution in [3.63, 3.8) is 0 Å². The number of piperidine rings is 1. The first-order valence-corrected chi connectivity index (χ1v) is 8.68. The zero-order chi connectivity index (χ0) is 18.4. The molecule has 0 aromatic carbocycles. The first kappa shape index (κ1) is 19.0. The van der Waals surface area contributed by atoms with Crippen LogP contribution in [0, 0.1) is 11.3 Å². The Morgan fingerprint density at radius 2 is 1.80 bits per heavy atom. The molecule has 0 radical (unpaired) electrons. The number of nitrogens with zero attached hydrogens (tertiary/aromatic N) is 1. The second-order valence-electron chi connectivity index (χ2n) is 7.34. The van der Waals surface area contributed by atoms with Crippen LogP contribution in [0.1, 0.15) is 44.2 Å². The number of rotatable bonds is 5. The predicted molar refractivity (Wildman–Crippen MR) is 92.8 cm³/mol. The van der Waals surface area contributed by atoms with Gasteiger partial charge in [-0.05, 0) is 25.0 Å². The first-order chi connectivity index (χ1) is 11.8. The summed E-state index contributed by atoms with van der Waals surface area (Å²) in [5.41, 5.74) is -0.388. The van der Waals surface area contributed by atoms with Crippen molar-refractivity contribution in [2.24, 2.45) is 11.3 Å². The Kier molecular flexibility index (Phi) is 6.22. The number of furan rings is 1. The van der Waals surface area contributed by atoms with E-state index in [0.717, 1.165) is 0 Å². The lowest BCUT2D eigenvalue weighted by molar-refractivity contribution is -0.142. The highest BCUT2D eigenvalue weighted by Gasteiger charge is 2.32. The summed E-state index contributed by atoms with van der Waals surface area (Å²) < 4.78 is 4.99. The highest BCUT2D eigenvalue weighted by Crippen LogP contribution is 2.23. The van der Waals surface area contributed by atoms with Gasteiger partial charge in [0.05, 0.1) is 6.26 Å². The molecule has 1 fully saturated rings. The molecule has 0 atom stereocenters. The molecule has 7 nitrogen and oxygen atoms in total. The van der Waals surface area contributed by atoms with Gasteiger partial charge in [-0.25, -0.2) is 0 Å². The van der Waals surface area contributed by atoms with E-state index in [1.165, 1.54) is 6.26 Å². The van der Waals surface area contributed by atoms with E-state index in [2.05, 4.69) is 10.6 Å². The minimum absolute atomic E-state index is 0.0184. The van der Waals surface area contributed by atoms with Crippen molar-refractivity contribution >= 4 is 17.7 Å². The van der Waals surface area contributed by atoms with E-state index >= 15 is 0 Å². The maximum atomic E-state index is 12.2. The van der Waals surface area contributed by atoms with Gasteiger partial charge >= 0.3 is 0 Å². The molecule has 138 valence electrons. The molecule has 2 N–H and O–H groups in total. The summed E-state index contributed by atoms with van der Waals surface area (Å²) in [7, 11) is 0. The molecule has 2 rings (SSSR count). The van der Waals surface area contributed by atoms with Gasteiger partial charge in [0.1, 0.15) is 0 Å². The van der Waals surface area contributed by atoms with Crippen molar-refractivity contribution in [1.82, 2.24) is 15.5 Å². The van der Waals surface area contributed by atoms with E-state index in [9.17, 15) is 14.4 Å². The molecule has 1 aliphatic heterocycles. The molecule has 7 heteroatoms. The minimum Gasteiger partial charge on any atom is -0.459 e. The van der Waals surface area contributed by atoms with Crippen LogP contribution in [0.15, 0.2) is 22.8 Å². The molecule has 0 saturated carbocycles. The number of hydrogen-bond acceptors (Lipinski definition) is 4. The van der Waals surface area contributed by atoms with Gasteiger partial charge < -0.3 is 20.0 Å². The summed E-state index contributed by atoms with van der Waals surface area (Å²) in [6.45, 7) is 7.66. The van der Waals surface area contributed by atoms with Crippen molar-refractivity contribution in [1.29, 1.82) is 0 Å². The number of likely N-dealkylation sites (tertiary alicyclic amines) is 1. The fourth-order valence-electron chi connectivity index (χ4n) is 2.82. The molecular weight excluding hydrogens is 322 g/mol. The van der Waals surface area contributed by atoms with Crippen molar-refractivity contribution in [3.8, 4) is 0 Å². The maximum Gasteiger partial charge on any atom is 0.287 e. The van der Waals surface area contributed by atoms with E-state index in [0.29, 0.717) is 39.0 Å². The fraction of sp³-hybridized carbons (Fsp3) is 0.611. The average Bonchev–Trinajstić information content (AvgIpc) is 3.11. The van der Waals surface area contributed by atoms with Gasteiger partial charge in [-0.15, -0.1) is 0 Å². The third kappa shape index (κ3) is 5.34. The molecule has 1 aromatic heterocycles. The second-order valence-corrected chi connectivity index (χ2v) is 7.34. The lowest BCUT2D eigenvalue weighted by Gasteiger charge is -2.35. The fourth-order valence-corrected chi connectivity index (χ4v) is 2.82. The second kappa shape index (κ2) is 8.18. The quantitative estimate of drug-likeness (QED) is 0.786. The first-order valence-electron chi connectivity index (χ1n) is 8.68. The van der Waals surface area contributed by atoms with Crippen LogP contribution in [0.2, 0.25) is 0 Å². The number of amides is 3. The van der Waals surface area contributed by atoms with Gasteiger partial charge in [-0.3, -0.25) is 14.4 Å². The number of nitrogens with one attached hydrogen (secondary N) is 2. The molecule has 1 aliphatic rings. The standard InChI is InChI=1S/C18H27N3O4/c1-18(2,3)17(24)21-10-6-13(7-11-21)15(22)19-8-9-20-16(23)14-5-4-12-25-14/h4-5,12-13H,6-11H2,1-3H3,(H,19,22)(H,20,23). The largest absolute Gasteiger partial charge is 0.459 e. The Hall–Kier alpha value is -2.31. The third-order valence-corrected chi connectivity index (χ3v) is 4.25. The molecule has 25 heavy (non-hydrogen) atoms. The summed E-state index contributed by atoms with van der Waals surface area (Å²) in [6, 6.07) is 3.23. The monoisotopic (exact) mass is 349 g/mol. The summed E-state index contributed by atoms with van der Waals surface area (Å²) >= 11 is 0. The number of carbonyl (C=O) groups excluding carboxylic acids is 3. The lowest BCUT2D eigenvalue weighted by atomic mass is 9.91. The van der Waals surface area contributed by atoms with Crippen LogP contribution in [0.3, 0.4) is 0 Å². The Labute approximate surface area is 148 Å². The summed E-state index contributed by atoms with van der Waals surface area (Å²) in [5.74, 6) is -0.0117. The van der Waals surface area contributed by atoms with E-state index < -0.39 is 0 Å². The Morgan fingerprint density at radius 1 is 1.16 bits per heavy atom. The average molecular weight is 349 g/mol. The SMILES string of the molecule is CC(C)(C)C(=O)N1CCC(C(=O)NCCNC(=O)c2ccco2)CC1. The lowest BCUT2D eigenvalue weighted by Crippen LogP contribution is -2.47. The normalized spacial score (nSPS) is 15.7. The highest BCUT2D eigenvalue weighted by atomic mass is 16.3. The van der Waals surface area contributed by atoms with E-state index in [1.807, 2.05) is 25.7 Å². The molecule has 3 amide bonds. The predicted octanol–water partition coefficient (Wildman–Crippen LogP) is 1.41.